The first-order chi connectivity index (χ1) is 10.9. The Balaban J connectivity index is 2.20. The lowest BCUT2D eigenvalue weighted by molar-refractivity contribution is -0.117. The van der Waals surface area contributed by atoms with E-state index < -0.39 is 5.91 Å². The van der Waals surface area contributed by atoms with Crippen LogP contribution in [0.15, 0.2) is 34.5 Å². The molecule has 23 heavy (non-hydrogen) atoms. The molecule has 1 amide bonds. The zero-order valence-electron chi connectivity index (χ0n) is 13.9. The number of nitriles is 1. The van der Waals surface area contributed by atoms with Gasteiger partial charge in [0, 0.05) is 17.4 Å². The van der Waals surface area contributed by atoms with Gasteiger partial charge in [-0.05, 0) is 57.5 Å². The quantitative estimate of drug-likeness (QED) is 0.678. The maximum absolute atomic E-state index is 12.2. The van der Waals surface area contributed by atoms with E-state index in [9.17, 15) is 10.1 Å². The average molecular weight is 311 g/mol. The molecule has 0 aliphatic heterocycles. The van der Waals surface area contributed by atoms with E-state index in [4.69, 9.17) is 4.42 Å². The number of aryl methyl sites for hydroxylation is 1. The fourth-order valence-electron chi connectivity index (χ4n) is 2.72. The van der Waals surface area contributed by atoms with E-state index in [-0.39, 0.29) is 12.1 Å². The summed E-state index contributed by atoms with van der Waals surface area (Å²) in [6, 6.07) is 7.82. The second kappa shape index (κ2) is 7.01. The predicted molar refractivity (Wildman–Crippen MR) is 88.4 cm³/mol. The lowest BCUT2D eigenvalue weighted by Gasteiger charge is -2.13. The highest BCUT2D eigenvalue weighted by Crippen LogP contribution is 2.22. The molecule has 0 aliphatic rings. The first kappa shape index (κ1) is 16.6. The Hall–Kier alpha value is -2.74. The van der Waals surface area contributed by atoms with Crippen LogP contribution in [0.5, 0.6) is 0 Å². The van der Waals surface area contributed by atoms with Crippen molar-refractivity contribution in [1.82, 2.24) is 9.88 Å². The monoisotopic (exact) mass is 311 g/mol. The normalized spacial score (nSPS) is 11.6. The summed E-state index contributed by atoms with van der Waals surface area (Å²) in [5.41, 5.74) is 3.13. The second-order valence-corrected chi connectivity index (χ2v) is 5.72. The molecule has 0 radical (unpaired) electrons. The zero-order chi connectivity index (χ0) is 17.0. The summed E-state index contributed by atoms with van der Waals surface area (Å²) in [5.74, 6) is 0.242. The van der Waals surface area contributed by atoms with Crippen molar-refractivity contribution in [2.24, 2.45) is 0 Å². The van der Waals surface area contributed by atoms with Gasteiger partial charge in [0.1, 0.15) is 17.4 Å². The van der Waals surface area contributed by atoms with E-state index >= 15 is 0 Å². The van der Waals surface area contributed by atoms with Gasteiger partial charge in [-0.15, -0.1) is 0 Å². The van der Waals surface area contributed by atoms with Crippen LogP contribution in [0.2, 0.25) is 0 Å². The molecule has 0 saturated heterocycles. The first-order valence-corrected chi connectivity index (χ1v) is 7.54. The Morgan fingerprint density at radius 1 is 1.48 bits per heavy atom. The topological polar surface area (TPSA) is 71.0 Å². The van der Waals surface area contributed by atoms with Crippen LogP contribution in [0, 0.1) is 25.2 Å². The van der Waals surface area contributed by atoms with Gasteiger partial charge in [-0.25, -0.2) is 0 Å². The maximum Gasteiger partial charge on any atom is 0.262 e. The van der Waals surface area contributed by atoms with Gasteiger partial charge in [0.25, 0.3) is 5.91 Å². The van der Waals surface area contributed by atoms with E-state index in [1.54, 1.807) is 24.5 Å². The molecule has 5 nitrogen and oxygen atoms in total. The third-order valence-electron chi connectivity index (χ3n) is 3.71. The van der Waals surface area contributed by atoms with Gasteiger partial charge in [-0.2, -0.15) is 5.26 Å². The minimum atomic E-state index is -0.404. The largest absolute Gasteiger partial charge is 0.467 e. The van der Waals surface area contributed by atoms with Crippen LogP contribution in [0.3, 0.4) is 0 Å². The molecule has 0 aliphatic carbocycles. The number of carbonyl (C=O) groups excluding carboxylic acids is 1. The Bertz CT molecular complexity index is 759. The number of aromatic nitrogens is 1. The minimum absolute atomic E-state index is 0.0839. The maximum atomic E-state index is 12.2. The van der Waals surface area contributed by atoms with Crippen molar-refractivity contribution in [1.29, 1.82) is 5.26 Å². The Labute approximate surface area is 136 Å². The molecule has 0 bridgehead atoms. The van der Waals surface area contributed by atoms with Gasteiger partial charge in [0.2, 0.25) is 0 Å². The van der Waals surface area contributed by atoms with Gasteiger partial charge in [-0.1, -0.05) is 0 Å². The van der Waals surface area contributed by atoms with Crippen molar-refractivity contribution in [3.8, 4) is 6.07 Å². The number of amides is 1. The number of furan rings is 1. The van der Waals surface area contributed by atoms with Crippen molar-refractivity contribution >= 4 is 12.0 Å². The highest BCUT2D eigenvalue weighted by molar-refractivity contribution is 6.01. The summed E-state index contributed by atoms with van der Waals surface area (Å²) in [6.07, 6.45) is 3.18. The van der Waals surface area contributed by atoms with Crippen molar-refractivity contribution < 1.29 is 9.21 Å². The fraction of sp³-hybridized carbons (Fsp3) is 0.333. The summed E-state index contributed by atoms with van der Waals surface area (Å²) in [4.78, 5) is 12.2. The summed E-state index contributed by atoms with van der Waals surface area (Å²) in [7, 11) is 0. The molecule has 2 rings (SSSR count). The Morgan fingerprint density at radius 3 is 2.74 bits per heavy atom. The molecule has 5 heteroatoms. The lowest BCUT2D eigenvalue weighted by atomic mass is 10.1. The predicted octanol–water partition coefficient (Wildman–Crippen LogP) is 3.50. The molecule has 2 aromatic rings. The molecular formula is C18H21N3O2. The van der Waals surface area contributed by atoms with Crippen LogP contribution < -0.4 is 5.32 Å². The molecule has 0 aromatic carbocycles. The molecule has 1 N–H and O–H groups in total. The third kappa shape index (κ3) is 3.72. The van der Waals surface area contributed by atoms with E-state index in [1.807, 2.05) is 26.0 Å². The highest BCUT2D eigenvalue weighted by Gasteiger charge is 2.14. The van der Waals surface area contributed by atoms with E-state index in [0.717, 1.165) is 17.0 Å². The fourth-order valence-corrected chi connectivity index (χ4v) is 2.72. The lowest BCUT2D eigenvalue weighted by Crippen LogP contribution is -2.23. The Morgan fingerprint density at radius 2 is 2.22 bits per heavy atom. The number of hydrogen-bond acceptors (Lipinski definition) is 3. The second-order valence-electron chi connectivity index (χ2n) is 5.72. The smallest absolute Gasteiger partial charge is 0.262 e. The number of rotatable bonds is 5. The summed E-state index contributed by atoms with van der Waals surface area (Å²) in [6.45, 7) is 8.49. The van der Waals surface area contributed by atoms with Crippen LogP contribution in [0.25, 0.3) is 6.08 Å². The zero-order valence-corrected chi connectivity index (χ0v) is 13.9. The molecule has 2 aromatic heterocycles. The van der Waals surface area contributed by atoms with Crippen LogP contribution in [-0.4, -0.2) is 10.5 Å². The molecular weight excluding hydrogens is 290 g/mol. The summed E-state index contributed by atoms with van der Waals surface area (Å²) in [5, 5.41) is 12.0. The van der Waals surface area contributed by atoms with Gasteiger partial charge in [0.15, 0.2) is 0 Å². The van der Waals surface area contributed by atoms with Crippen molar-refractivity contribution in [2.45, 2.75) is 40.3 Å². The van der Waals surface area contributed by atoms with Gasteiger partial charge < -0.3 is 14.3 Å². The standard InChI is InChI=1S/C18H21N3O2/c1-12(2)21-13(3)8-15(14(21)4)9-16(10-19)18(22)20-11-17-6-5-7-23-17/h5-9,12H,11H2,1-4H3,(H,20,22)/b16-9+. The molecule has 0 unspecified atom stereocenters. The first-order valence-electron chi connectivity index (χ1n) is 7.54. The number of carbonyl (C=O) groups is 1. The molecule has 120 valence electrons. The summed E-state index contributed by atoms with van der Waals surface area (Å²) < 4.78 is 7.34. The van der Waals surface area contributed by atoms with Crippen molar-refractivity contribution in [2.75, 3.05) is 0 Å². The van der Waals surface area contributed by atoms with Gasteiger partial charge >= 0.3 is 0 Å². The highest BCUT2D eigenvalue weighted by atomic mass is 16.3. The van der Waals surface area contributed by atoms with Gasteiger partial charge in [0.05, 0.1) is 12.8 Å². The van der Waals surface area contributed by atoms with Gasteiger partial charge in [-0.3, -0.25) is 4.79 Å². The van der Waals surface area contributed by atoms with Crippen LogP contribution in [0.1, 0.15) is 42.6 Å². The number of nitrogens with zero attached hydrogens (tertiary/aromatic N) is 2. The van der Waals surface area contributed by atoms with E-state index in [1.165, 1.54) is 0 Å². The minimum Gasteiger partial charge on any atom is -0.467 e. The molecule has 2 heterocycles. The van der Waals surface area contributed by atoms with E-state index in [0.29, 0.717) is 11.8 Å². The summed E-state index contributed by atoms with van der Waals surface area (Å²) >= 11 is 0. The Kier molecular flexibility index (Phi) is 5.07. The molecule has 0 spiro atoms. The molecule has 0 fully saturated rings. The van der Waals surface area contributed by atoms with Crippen molar-refractivity contribution in [3.63, 3.8) is 0 Å². The number of nitrogens with one attached hydrogen (secondary N) is 1. The van der Waals surface area contributed by atoms with Crippen LogP contribution in [0.4, 0.5) is 0 Å². The number of hydrogen-bond donors (Lipinski definition) is 1. The molecule has 0 atom stereocenters. The van der Waals surface area contributed by atoms with Crippen LogP contribution >= 0.6 is 0 Å². The average Bonchev–Trinajstić information content (AvgIpc) is 3.10. The van der Waals surface area contributed by atoms with E-state index in [2.05, 4.69) is 23.7 Å². The SMILES string of the molecule is Cc1cc(/C=C(\C#N)C(=O)NCc2ccco2)c(C)n1C(C)C. The van der Waals surface area contributed by atoms with Crippen molar-refractivity contribution in [3.05, 3.63) is 52.7 Å². The van der Waals surface area contributed by atoms with Crippen LogP contribution in [-0.2, 0) is 11.3 Å². The molecule has 0 saturated carbocycles. The third-order valence-corrected chi connectivity index (χ3v) is 3.71.